The molecular weight excluding hydrogens is 394 g/mol. The first-order valence-electron chi connectivity index (χ1n) is 9.75. The molecule has 1 heterocycles. The van der Waals surface area contributed by atoms with Gasteiger partial charge in [0.15, 0.2) is 0 Å². The Labute approximate surface area is 181 Å². The van der Waals surface area contributed by atoms with E-state index < -0.39 is 0 Å². The predicted molar refractivity (Wildman–Crippen MR) is 121 cm³/mol. The van der Waals surface area contributed by atoms with Crippen molar-refractivity contribution in [3.63, 3.8) is 0 Å². The normalized spacial score (nSPS) is 10.8. The molecule has 0 radical (unpaired) electrons. The lowest BCUT2D eigenvalue weighted by Crippen LogP contribution is -2.27. The molecule has 4 rings (SSSR count). The summed E-state index contributed by atoms with van der Waals surface area (Å²) in [6.07, 6.45) is 0. The smallest absolute Gasteiger partial charge is 0.258 e. The summed E-state index contributed by atoms with van der Waals surface area (Å²) in [6.45, 7) is 2.40. The van der Waals surface area contributed by atoms with Crippen LogP contribution in [0.15, 0.2) is 84.9 Å². The highest BCUT2D eigenvalue weighted by Gasteiger charge is 2.25. The molecule has 1 aromatic heterocycles. The Morgan fingerprint density at radius 2 is 1.63 bits per heavy atom. The standard InChI is InChI=1S/C25H22ClN3O/c1-18-23(25(30)28(2)17-19-10-9-13-21(26)16-19)24(20-11-5-3-6-12-20)27-29(18)22-14-7-4-8-15-22/h3-16H,17H2,1-2H3. The number of carbonyl (C=O) groups is 1. The van der Waals surface area contributed by atoms with Crippen LogP contribution < -0.4 is 0 Å². The molecule has 0 fully saturated rings. The average Bonchev–Trinajstić information content (AvgIpc) is 3.11. The van der Waals surface area contributed by atoms with E-state index in [2.05, 4.69) is 0 Å². The Morgan fingerprint density at radius 3 is 2.30 bits per heavy atom. The first-order valence-corrected chi connectivity index (χ1v) is 10.1. The van der Waals surface area contributed by atoms with Crippen LogP contribution in [0.3, 0.4) is 0 Å². The molecular formula is C25H22ClN3O. The summed E-state index contributed by atoms with van der Waals surface area (Å²) >= 11 is 6.11. The van der Waals surface area contributed by atoms with Crippen molar-refractivity contribution in [2.75, 3.05) is 7.05 Å². The van der Waals surface area contributed by atoms with Crippen LogP contribution in [0.2, 0.25) is 5.02 Å². The summed E-state index contributed by atoms with van der Waals surface area (Å²) in [4.78, 5) is 15.2. The fourth-order valence-corrected chi connectivity index (χ4v) is 3.76. The molecule has 30 heavy (non-hydrogen) atoms. The van der Waals surface area contributed by atoms with Crippen LogP contribution in [0.25, 0.3) is 16.9 Å². The second-order valence-corrected chi connectivity index (χ2v) is 7.65. The summed E-state index contributed by atoms with van der Waals surface area (Å²) in [5, 5.41) is 5.48. The average molecular weight is 416 g/mol. The lowest BCUT2D eigenvalue weighted by molar-refractivity contribution is 0.0785. The van der Waals surface area contributed by atoms with Gasteiger partial charge in [0.05, 0.1) is 16.9 Å². The molecule has 0 N–H and O–H groups in total. The van der Waals surface area contributed by atoms with Crippen LogP contribution in [-0.4, -0.2) is 27.6 Å². The van der Waals surface area contributed by atoms with Gasteiger partial charge in [0.25, 0.3) is 5.91 Å². The molecule has 4 nitrogen and oxygen atoms in total. The molecule has 0 aliphatic rings. The van der Waals surface area contributed by atoms with Gasteiger partial charge in [0.1, 0.15) is 5.69 Å². The molecule has 0 bridgehead atoms. The van der Waals surface area contributed by atoms with E-state index in [0.29, 0.717) is 22.8 Å². The van der Waals surface area contributed by atoms with E-state index in [1.54, 1.807) is 11.9 Å². The zero-order valence-electron chi connectivity index (χ0n) is 16.9. The number of aromatic nitrogens is 2. The van der Waals surface area contributed by atoms with Crippen LogP contribution in [0.4, 0.5) is 0 Å². The van der Waals surface area contributed by atoms with E-state index in [-0.39, 0.29) is 5.91 Å². The summed E-state index contributed by atoms with van der Waals surface area (Å²) in [5.41, 5.74) is 4.91. The summed E-state index contributed by atoms with van der Waals surface area (Å²) < 4.78 is 1.84. The molecule has 3 aromatic carbocycles. The highest BCUT2D eigenvalue weighted by Crippen LogP contribution is 2.28. The van der Waals surface area contributed by atoms with Crippen LogP contribution in [0.1, 0.15) is 21.6 Å². The largest absolute Gasteiger partial charge is 0.337 e. The third-order valence-electron chi connectivity index (χ3n) is 5.03. The van der Waals surface area contributed by atoms with Crippen molar-refractivity contribution in [1.29, 1.82) is 0 Å². The number of nitrogens with zero attached hydrogens (tertiary/aromatic N) is 3. The van der Waals surface area contributed by atoms with Gasteiger partial charge in [-0.15, -0.1) is 0 Å². The van der Waals surface area contributed by atoms with Gasteiger partial charge in [-0.3, -0.25) is 4.79 Å². The third-order valence-corrected chi connectivity index (χ3v) is 5.27. The van der Waals surface area contributed by atoms with Crippen LogP contribution >= 0.6 is 11.6 Å². The van der Waals surface area contributed by atoms with E-state index in [0.717, 1.165) is 22.5 Å². The van der Waals surface area contributed by atoms with Crippen molar-refractivity contribution in [3.05, 3.63) is 107 Å². The van der Waals surface area contributed by atoms with Gasteiger partial charge in [0.2, 0.25) is 0 Å². The van der Waals surface area contributed by atoms with Gasteiger partial charge in [-0.25, -0.2) is 4.68 Å². The Morgan fingerprint density at radius 1 is 0.967 bits per heavy atom. The van der Waals surface area contributed by atoms with Crippen molar-refractivity contribution in [1.82, 2.24) is 14.7 Å². The molecule has 5 heteroatoms. The summed E-state index contributed by atoms with van der Waals surface area (Å²) in [7, 11) is 1.80. The van der Waals surface area contributed by atoms with Crippen molar-refractivity contribution in [2.45, 2.75) is 13.5 Å². The Balaban J connectivity index is 1.77. The second-order valence-electron chi connectivity index (χ2n) is 7.21. The van der Waals surface area contributed by atoms with Crippen molar-refractivity contribution in [3.8, 4) is 16.9 Å². The van der Waals surface area contributed by atoms with E-state index in [1.165, 1.54) is 0 Å². The maximum atomic E-state index is 13.5. The summed E-state index contributed by atoms with van der Waals surface area (Å²) in [6, 6.07) is 27.2. The van der Waals surface area contributed by atoms with Crippen molar-refractivity contribution >= 4 is 17.5 Å². The number of rotatable bonds is 5. The minimum absolute atomic E-state index is 0.0755. The van der Waals surface area contributed by atoms with Crippen molar-refractivity contribution < 1.29 is 4.79 Å². The van der Waals surface area contributed by atoms with E-state index in [9.17, 15) is 4.79 Å². The molecule has 0 spiro atoms. The number of halogens is 1. The maximum Gasteiger partial charge on any atom is 0.258 e. The highest BCUT2D eigenvalue weighted by atomic mass is 35.5. The quantitative estimate of drug-likeness (QED) is 0.414. The minimum atomic E-state index is -0.0755. The van der Waals surface area contributed by atoms with Crippen LogP contribution in [0.5, 0.6) is 0 Å². The van der Waals surface area contributed by atoms with Gasteiger partial charge < -0.3 is 4.90 Å². The van der Waals surface area contributed by atoms with Gasteiger partial charge >= 0.3 is 0 Å². The number of benzene rings is 3. The zero-order chi connectivity index (χ0) is 21.1. The van der Waals surface area contributed by atoms with Gasteiger partial charge in [-0.2, -0.15) is 5.10 Å². The van der Waals surface area contributed by atoms with Gasteiger partial charge in [-0.05, 0) is 36.8 Å². The third kappa shape index (κ3) is 4.00. The van der Waals surface area contributed by atoms with E-state index >= 15 is 0 Å². The number of carbonyl (C=O) groups excluding carboxylic acids is 1. The molecule has 4 aromatic rings. The molecule has 0 saturated heterocycles. The topological polar surface area (TPSA) is 38.1 Å². The second kappa shape index (κ2) is 8.56. The Kier molecular flexibility index (Phi) is 5.68. The van der Waals surface area contributed by atoms with Gasteiger partial charge in [0, 0.05) is 24.2 Å². The monoisotopic (exact) mass is 415 g/mol. The Hall–Kier alpha value is -3.37. The van der Waals surface area contributed by atoms with E-state index in [1.807, 2.05) is 96.5 Å². The van der Waals surface area contributed by atoms with Crippen molar-refractivity contribution in [2.24, 2.45) is 0 Å². The van der Waals surface area contributed by atoms with E-state index in [4.69, 9.17) is 16.7 Å². The molecule has 0 unspecified atom stereocenters. The molecule has 150 valence electrons. The first-order chi connectivity index (χ1) is 14.5. The number of amides is 1. The van der Waals surface area contributed by atoms with Crippen LogP contribution in [-0.2, 0) is 6.54 Å². The SMILES string of the molecule is Cc1c(C(=O)N(C)Cc2cccc(Cl)c2)c(-c2ccccc2)nn1-c1ccccc1. The van der Waals surface area contributed by atoms with Gasteiger partial charge in [-0.1, -0.05) is 72.3 Å². The number of hydrogen-bond acceptors (Lipinski definition) is 2. The highest BCUT2D eigenvalue weighted by molar-refractivity contribution is 6.30. The summed E-state index contributed by atoms with van der Waals surface area (Å²) in [5.74, 6) is -0.0755. The number of hydrogen-bond donors (Lipinski definition) is 0. The van der Waals surface area contributed by atoms with Crippen LogP contribution in [0, 0.1) is 6.92 Å². The molecule has 1 amide bonds. The molecule has 0 saturated carbocycles. The molecule has 0 atom stereocenters. The lowest BCUT2D eigenvalue weighted by atomic mass is 10.0. The maximum absolute atomic E-state index is 13.5. The first kappa shape index (κ1) is 19.9. The predicted octanol–water partition coefficient (Wildman–Crippen LogP) is 5.77. The lowest BCUT2D eigenvalue weighted by Gasteiger charge is -2.18. The fraction of sp³-hybridized carbons (Fsp3) is 0.120. The molecule has 0 aliphatic heterocycles. The molecule has 0 aliphatic carbocycles. The fourth-order valence-electron chi connectivity index (χ4n) is 3.55. The minimum Gasteiger partial charge on any atom is -0.337 e. The number of para-hydroxylation sites is 1. The Bertz CT molecular complexity index is 1170. The zero-order valence-corrected chi connectivity index (χ0v) is 17.7.